The molecular weight excluding hydrogens is 422 g/mol. The second kappa shape index (κ2) is 8.38. The highest BCUT2D eigenvalue weighted by molar-refractivity contribution is 7.89. The molecule has 1 aromatic carbocycles. The standard InChI is InChI=1S/C20H23N5O3S2/c1-12-3-4-15(30(26,27)25-14-5-7-28-8-6-14)9-16(12)17-10-23-20(21)19(24-17)18-11-22-13(2)29-18/h3-4,9-11,14,25H,5-8H2,1-2H3,(H2,21,23). The Kier molecular flexibility index (Phi) is 5.83. The number of thiazole rings is 1. The highest BCUT2D eigenvalue weighted by Gasteiger charge is 2.23. The van der Waals surface area contributed by atoms with Gasteiger partial charge in [-0.15, -0.1) is 11.3 Å². The van der Waals surface area contributed by atoms with E-state index in [1.807, 2.05) is 13.8 Å². The maximum Gasteiger partial charge on any atom is 0.240 e. The molecule has 8 nitrogen and oxygen atoms in total. The van der Waals surface area contributed by atoms with Crippen LogP contribution >= 0.6 is 11.3 Å². The van der Waals surface area contributed by atoms with Gasteiger partial charge in [-0.2, -0.15) is 0 Å². The van der Waals surface area contributed by atoms with Crippen molar-refractivity contribution in [3.63, 3.8) is 0 Å². The molecule has 10 heteroatoms. The number of hydrogen-bond donors (Lipinski definition) is 2. The summed E-state index contributed by atoms with van der Waals surface area (Å²) in [7, 11) is -3.66. The van der Waals surface area contributed by atoms with Crippen LogP contribution < -0.4 is 10.5 Å². The first kappa shape index (κ1) is 20.9. The molecule has 30 heavy (non-hydrogen) atoms. The summed E-state index contributed by atoms with van der Waals surface area (Å²) in [5.74, 6) is 0.310. The van der Waals surface area contributed by atoms with Crippen LogP contribution in [0.1, 0.15) is 23.4 Å². The topological polar surface area (TPSA) is 120 Å². The summed E-state index contributed by atoms with van der Waals surface area (Å²) in [6.45, 7) is 4.94. The van der Waals surface area contributed by atoms with Crippen LogP contribution in [0.25, 0.3) is 21.8 Å². The van der Waals surface area contributed by atoms with E-state index in [4.69, 9.17) is 10.5 Å². The van der Waals surface area contributed by atoms with E-state index in [2.05, 4.69) is 19.7 Å². The third-order valence-electron chi connectivity index (χ3n) is 4.99. The zero-order chi connectivity index (χ0) is 21.3. The Labute approximate surface area is 179 Å². The maximum absolute atomic E-state index is 12.9. The van der Waals surface area contributed by atoms with Crippen molar-refractivity contribution in [1.82, 2.24) is 19.7 Å². The van der Waals surface area contributed by atoms with Crippen molar-refractivity contribution in [3.8, 4) is 21.8 Å². The predicted octanol–water partition coefficient (Wildman–Crippen LogP) is 2.92. The van der Waals surface area contributed by atoms with E-state index in [0.717, 1.165) is 15.4 Å². The molecule has 1 saturated heterocycles. The van der Waals surface area contributed by atoms with Gasteiger partial charge < -0.3 is 10.5 Å². The summed E-state index contributed by atoms with van der Waals surface area (Å²) < 4.78 is 33.9. The van der Waals surface area contributed by atoms with Crippen molar-refractivity contribution in [2.75, 3.05) is 18.9 Å². The fourth-order valence-corrected chi connectivity index (χ4v) is 5.43. The number of aryl methyl sites for hydroxylation is 2. The zero-order valence-electron chi connectivity index (χ0n) is 16.8. The second-order valence-electron chi connectivity index (χ2n) is 7.22. The van der Waals surface area contributed by atoms with Crippen molar-refractivity contribution in [2.45, 2.75) is 37.6 Å². The normalized spacial score (nSPS) is 15.4. The summed E-state index contributed by atoms with van der Waals surface area (Å²) >= 11 is 1.48. The molecule has 2 aromatic heterocycles. The van der Waals surface area contributed by atoms with Crippen molar-refractivity contribution in [2.24, 2.45) is 0 Å². The molecule has 3 aromatic rings. The van der Waals surface area contributed by atoms with Crippen LogP contribution in [-0.2, 0) is 14.8 Å². The molecule has 0 amide bonds. The van der Waals surface area contributed by atoms with Crippen molar-refractivity contribution in [1.29, 1.82) is 0 Å². The average molecular weight is 446 g/mol. The lowest BCUT2D eigenvalue weighted by molar-refractivity contribution is 0.0832. The molecule has 1 aliphatic heterocycles. The minimum absolute atomic E-state index is 0.119. The third-order valence-corrected chi connectivity index (χ3v) is 7.43. The van der Waals surface area contributed by atoms with Gasteiger partial charge in [-0.1, -0.05) is 6.07 Å². The summed E-state index contributed by atoms with van der Waals surface area (Å²) in [4.78, 5) is 14.2. The Morgan fingerprint density at radius 2 is 1.93 bits per heavy atom. The van der Waals surface area contributed by atoms with E-state index in [0.29, 0.717) is 48.8 Å². The van der Waals surface area contributed by atoms with Crippen LogP contribution in [-0.4, -0.2) is 42.6 Å². The van der Waals surface area contributed by atoms with Gasteiger partial charge in [0.25, 0.3) is 0 Å². The molecule has 158 valence electrons. The summed E-state index contributed by atoms with van der Waals surface area (Å²) in [5.41, 5.74) is 8.74. The lowest BCUT2D eigenvalue weighted by Crippen LogP contribution is -2.38. The number of nitrogens with one attached hydrogen (secondary N) is 1. The lowest BCUT2D eigenvalue weighted by Gasteiger charge is -2.23. The van der Waals surface area contributed by atoms with Gasteiger partial charge in [0.2, 0.25) is 10.0 Å². The Morgan fingerprint density at radius 1 is 1.17 bits per heavy atom. The first-order valence-electron chi connectivity index (χ1n) is 9.60. The number of ether oxygens (including phenoxy) is 1. The number of nitrogen functional groups attached to an aromatic ring is 1. The minimum atomic E-state index is -3.66. The molecule has 0 bridgehead atoms. The molecule has 3 N–H and O–H groups in total. The Hall–Kier alpha value is -2.40. The third kappa shape index (κ3) is 4.36. The molecule has 0 saturated carbocycles. The Balaban J connectivity index is 1.70. The Morgan fingerprint density at radius 3 is 2.63 bits per heavy atom. The summed E-state index contributed by atoms with van der Waals surface area (Å²) in [6, 6.07) is 4.91. The van der Waals surface area contributed by atoms with Crippen molar-refractivity contribution < 1.29 is 13.2 Å². The Bertz CT molecular complexity index is 1170. The second-order valence-corrected chi connectivity index (χ2v) is 10.2. The van der Waals surface area contributed by atoms with Crippen LogP contribution in [0.2, 0.25) is 0 Å². The molecule has 1 aliphatic rings. The highest BCUT2D eigenvalue weighted by Crippen LogP contribution is 2.31. The van der Waals surface area contributed by atoms with Gasteiger partial charge in [-0.3, -0.25) is 0 Å². The molecule has 3 heterocycles. The molecule has 0 atom stereocenters. The molecule has 4 rings (SSSR count). The van der Waals surface area contributed by atoms with Crippen LogP contribution in [0.3, 0.4) is 0 Å². The number of anilines is 1. The van der Waals surface area contributed by atoms with Gasteiger partial charge in [0.15, 0.2) is 5.82 Å². The van der Waals surface area contributed by atoms with Gasteiger partial charge >= 0.3 is 0 Å². The fraction of sp³-hybridized carbons (Fsp3) is 0.350. The predicted molar refractivity (Wildman–Crippen MR) is 117 cm³/mol. The van der Waals surface area contributed by atoms with Crippen LogP contribution in [0.5, 0.6) is 0 Å². The number of nitrogens with zero attached hydrogens (tertiary/aromatic N) is 3. The van der Waals surface area contributed by atoms with Gasteiger partial charge in [-0.25, -0.2) is 28.1 Å². The number of nitrogens with two attached hydrogens (primary N) is 1. The smallest absolute Gasteiger partial charge is 0.240 e. The maximum atomic E-state index is 12.9. The molecule has 0 unspecified atom stereocenters. The first-order chi connectivity index (χ1) is 14.3. The summed E-state index contributed by atoms with van der Waals surface area (Å²) in [5, 5.41) is 0.903. The fourth-order valence-electron chi connectivity index (χ4n) is 3.33. The van der Waals surface area contributed by atoms with Crippen molar-refractivity contribution >= 4 is 27.2 Å². The molecule has 1 fully saturated rings. The molecular formula is C20H23N5O3S2. The van der Waals surface area contributed by atoms with Gasteiger partial charge in [0.1, 0.15) is 5.69 Å². The number of benzene rings is 1. The van der Waals surface area contributed by atoms with Crippen LogP contribution in [0.15, 0.2) is 35.5 Å². The molecule has 0 aliphatic carbocycles. The van der Waals surface area contributed by atoms with E-state index < -0.39 is 10.0 Å². The van der Waals surface area contributed by atoms with Crippen LogP contribution in [0.4, 0.5) is 5.82 Å². The van der Waals surface area contributed by atoms with E-state index in [9.17, 15) is 8.42 Å². The minimum Gasteiger partial charge on any atom is -0.382 e. The number of hydrogen-bond acceptors (Lipinski definition) is 8. The quantitative estimate of drug-likeness (QED) is 0.619. The van der Waals surface area contributed by atoms with E-state index in [1.54, 1.807) is 30.6 Å². The van der Waals surface area contributed by atoms with Gasteiger partial charge in [0, 0.05) is 31.0 Å². The average Bonchev–Trinajstić information content (AvgIpc) is 3.15. The largest absolute Gasteiger partial charge is 0.382 e. The number of sulfonamides is 1. The number of rotatable bonds is 5. The SMILES string of the molecule is Cc1ncc(-c2nc(-c3cc(S(=O)(=O)NC4CCOCC4)ccc3C)cnc2N)s1. The molecule has 0 spiro atoms. The lowest BCUT2D eigenvalue weighted by atomic mass is 10.1. The van der Waals surface area contributed by atoms with E-state index >= 15 is 0 Å². The van der Waals surface area contributed by atoms with Gasteiger partial charge in [0.05, 0.1) is 26.7 Å². The number of aromatic nitrogens is 3. The molecule has 0 radical (unpaired) electrons. The van der Waals surface area contributed by atoms with E-state index in [-0.39, 0.29) is 10.9 Å². The first-order valence-corrected chi connectivity index (χ1v) is 11.9. The van der Waals surface area contributed by atoms with Gasteiger partial charge in [-0.05, 0) is 44.4 Å². The van der Waals surface area contributed by atoms with E-state index in [1.165, 1.54) is 11.3 Å². The monoisotopic (exact) mass is 445 g/mol. The summed E-state index contributed by atoms with van der Waals surface area (Å²) in [6.07, 6.45) is 4.62. The highest BCUT2D eigenvalue weighted by atomic mass is 32.2. The van der Waals surface area contributed by atoms with Crippen LogP contribution in [0, 0.1) is 13.8 Å². The zero-order valence-corrected chi connectivity index (χ0v) is 18.4. The van der Waals surface area contributed by atoms with Crippen molar-refractivity contribution in [3.05, 3.63) is 41.2 Å².